The third-order valence-corrected chi connectivity index (χ3v) is 8.97. The van der Waals surface area contributed by atoms with Crippen molar-refractivity contribution in [3.63, 3.8) is 0 Å². The molecule has 0 unspecified atom stereocenters. The summed E-state index contributed by atoms with van der Waals surface area (Å²) in [7, 11) is 0. The summed E-state index contributed by atoms with van der Waals surface area (Å²) in [6.07, 6.45) is 15.4. The summed E-state index contributed by atoms with van der Waals surface area (Å²) in [5.41, 5.74) is 0.719. The Bertz CT molecular complexity index is 405. The van der Waals surface area contributed by atoms with Gasteiger partial charge in [0, 0.05) is 0 Å². The van der Waals surface area contributed by atoms with Crippen LogP contribution in [-0.2, 0) is 0 Å². The van der Waals surface area contributed by atoms with Gasteiger partial charge in [0.1, 0.15) is 0 Å². The van der Waals surface area contributed by atoms with Crippen molar-refractivity contribution in [2.45, 2.75) is 90.6 Å². The summed E-state index contributed by atoms with van der Waals surface area (Å²) >= 11 is 0. The third kappa shape index (κ3) is 2.14. The highest BCUT2D eigenvalue weighted by Crippen LogP contribution is 2.65. The van der Waals surface area contributed by atoms with Crippen LogP contribution in [0.15, 0.2) is 0 Å². The lowest BCUT2D eigenvalue weighted by Crippen LogP contribution is -2.49. The zero-order valence-electron chi connectivity index (χ0n) is 14.8. The fourth-order valence-electron chi connectivity index (χ4n) is 8.09. The van der Waals surface area contributed by atoms with E-state index in [2.05, 4.69) is 13.8 Å². The van der Waals surface area contributed by atoms with E-state index in [9.17, 15) is 5.11 Å². The lowest BCUT2D eigenvalue weighted by molar-refractivity contribution is -0.0848. The highest BCUT2D eigenvalue weighted by molar-refractivity contribution is 5.06. The smallest absolute Gasteiger partial charge is 0.0543 e. The van der Waals surface area contributed by atoms with Gasteiger partial charge in [0.2, 0.25) is 0 Å². The van der Waals surface area contributed by atoms with Crippen LogP contribution in [0.4, 0.5) is 0 Å². The fraction of sp³-hybridized carbons (Fsp3) is 1.00. The molecule has 0 saturated heterocycles. The molecule has 4 aliphatic rings. The zero-order chi connectivity index (χ0) is 15.3. The Labute approximate surface area is 137 Å². The summed E-state index contributed by atoms with van der Waals surface area (Å²) in [6, 6.07) is 0. The number of hydrogen-bond acceptors (Lipinski definition) is 1. The number of fused-ring (bicyclic) bond motifs is 5. The molecule has 4 rings (SSSR count). The van der Waals surface area contributed by atoms with Crippen LogP contribution in [0.5, 0.6) is 0 Å². The summed E-state index contributed by atoms with van der Waals surface area (Å²) in [5.74, 6) is 5.97. The van der Waals surface area contributed by atoms with Gasteiger partial charge in [-0.2, -0.15) is 0 Å². The first-order chi connectivity index (χ1) is 10.7. The van der Waals surface area contributed by atoms with E-state index >= 15 is 0 Å². The molecule has 4 fully saturated rings. The molecular weight excluding hydrogens is 268 g/mol. The Morgan fingerprint density at radius 2 is 1.68 bits per heavy atom. The quantitative estimate of drug-likeness (QED) is 0.722. The van der Waals surface area contributed by atoms with Crippen molar-refractivity contribution in [2.75, 3.05) is 0 Å². The highest BCUT2D eigenvalue weighted by Gasteiger charge is 2.57. The van der Waals surface area contributed by atoms with Crippen LogP contribution < -0.4 is 0 Å². The second kappa shape index (κ2) is 5.80. The molecule has 0 amide bonds. The Morgan fingerprint density at radius 1 is 0.864 bits per heavy atom. The number of hydrogen-bond donors (Lipinski definition) is 1. The molecule has 0 radical (unpaired) electrons. The molecule has 126 valence electrons. The molecule has 0 aromatic carbocycles. The predicted octanol–water partition coefficient (Wildman–Crippen LogP) is 5.42. The van der Waals surface area contributed by atoms with Crippen molar-refractivity contribution in [1.82, 2.24) is 0 Å². The maximum Gasteiger partial charge on any atom is 0.0543 e. The van der Waals surface area contributed by atoms with Gasteiger partial charge in [0.25, 0.3) is 0 Å². The van der Waals surface area contributed by atoms with Crippen molar-refractivity contribution in [1.29, 1.82) is 0 Å². The van der Waals surface area contributed by atoms with Crippen LogP contribution in [-0.4, -0.2) is 11.2 Å². The molecule has 8 atom stereocenters. The molecule has 0 aromatic rings. The minimum atomic E-state index is 0.0204. The van der Waals surface area contributed by atoms with E-state index in [-0.39, 0.29) is 6.10 Å². The van der Waals surface area contributed by atoms with E-state index < -0.39 is 0 Å². The number of aliphatic hydroxyl groups excluding tert-OH is 1. The first kappa shape index (κ1) is 15.5. The maximum absolute atomic E-state index is 10.0. The van der Waals surface area contributed by atoms with Crippen LogP contribution in [0.3, 0.4) is 0 Å². The van der Waals surface area contributed by atoms with E-state index in [0.29, 0.717) is 0 Å². The van der Waals surface area contributed by atoms with Crippen molar-refractivity contribution in [2.24, 2.45) is 40.9 Å². The van der Waals surface area contributed by atoms with E-state index in [1.807, 2.05) is 0 Å². The summed E-state index contributed by atoms with van der Waals surface area (Å²) in [5, 5.41) is 10.0. The monoisotopic (exact) mass is 304 g/mol. The van der Waals surface area contributed by atoms with Crippen molar-refractivity contribution in [3.05, 3.63) is 0 Å². The molecule has 0 heterocycles. The Kier molecular flexibility index (Phi) is 4.08. The van der Waals surface area contributed by atoms with Gasteiger partial charge in [-0.3, -0.25) is 0 Å². The summed E-state index contributed by atoms with van der Waals surface area (Å²) in [6.45, 7) is 4.93. The van der Waals surface area contributed by atoms with Crippen LogP contribution in [0, 0.1) is 40.9 Å². The molecule has 4 saturated carbocycles. The van der Waals surface area contributed by atoms with Gasteiger partial charge in [-0.05, 0) is 105 Å². The molecule has 0 spiro atoms. The SMILES string of the molecule is CC[C@H]1CC[C@H]2[C@@H]3CC[C@H]4C[C@@H](O)CC[C@@H]4[C@H]3CC[C@]12CC. The first-order valence-electron chi connectivity index (χ1n) is 10.4. The Morgan fingerprint density at radius 3 is 2.45 bits per heavy atom. The highest BCUT2D eigenvalue weighted by atomic mass is 16.3. The van der Waals surface area contributed by atoms with E-state index in [1.165, 1.54) is 57.8 Å². The molecule has 1 nitrogen and oxygen atoms in total. The molecule has 4 aliphatic carbocycles. The standard InChI is InChI=1S/C21H36O/c1-3-15-6-10-20-19-8-5-14-13-16(22)7-9-17(14)18(19)11-12-21(15,20)4-2/h14-20,22H,3-13H2,1-2H3/t14-,15-,16-,17-,18+,19+,20-,21+/m0/s1. The van der Waals surface area contributed by atoms with Gasteiger partial charge in [-0.25, -0.2) is 0 Å². The Hall–Kier alpha value is -0.0400. The molecule has 1 N–H and O–H groups in total. The molecule has 22 heavy (non-hydrogen) atoms. The van der Waals surface area contributed by atoms with Crippen LogP contribution in [0.2, 0.25) is 0 Å². The van der Waals surface area contributed by atoms with Crippen LogP contribution in [0.25, 0.3) is 0 Å². The minimum Gasteiger partial charge on any atom is -0.393 e. The summed E-state index contributed by atoms with van der Waals surface area (Å²) < 4.78 is 0. The van der Waals surface area contributed by atoms with E-state index in [4.69, 9.17) is 0 Å². The van der Waals surface area contributed by atoms with E-state index in [1.54, 1.807) is 0 Å². The van der Waals surface area contributed by atoms with Gasteiger partial charge >= 0.3 is 0 Å². The van der Waals surface area contributed by atoms with Crippen molar-refractivity contribution < 1.29 is 5.11 Å². The van der Waals surface area contributed by atoms with Gasteiger partial charge in [-0.1, -0.05) is 20.3 Å². The first-order valence-corrected chi connectivity index (χ1v) is 10.4. The van der Waals surface area contributed by atoms with Crippen molar-refractivity contribution >= 4 is 0 Å². The third-order valence-electron chi connectivity index (χ3n) is 8.97. The topological polar surface area (TPSA) is 20.2 Å². The lowest BCUT2D eigenvalue weighted by Gasteiger charge is -2.57. The molecule has 0 aromatic heterocycles. The van der Waals surface area contributed by atoms with Gasteiger partial charge < -0.3 is 5.11 Å². The predicted molar refractivity (Wildman–Crippen MR) is 91.5 cm³/mol. The average molecular weight is 305 g/mol. The minimum absolute atomic E-state index is 0.0204. The zero-order valence-corrected chi connectivity index (χ0v) is 14.8. The number of rotatable bonds is 2. The van der Waals surface area contributed by atoms with Crippen LogP contribution >= 0.6 is 0 Å². The second-order valence-electron chi connectivity index (χ2n) is 9.21. The van der Waals surface area contributed by atoms with E-state index in [0.717, 1.165) is 53.8 Å². The lowest BCUT2D eigenvalue weighted by atomic mass is 9.48. The Balaban J connectivity index is 1.57. The largest absolute Gasteiger partial charge is 0.393 e. The number of aliphatic hydroxyl groups is 1. The van der Waals surface area contributed by atoms with Crippen molar-refractivity contribution in [3.8, 4) is 0 Å². The second-order valence-corrected chi connectivity index (χ2v) is 9.21. The average Bonchev–Trinajstić information content (AvgIpc) is 2.93. The molecule has 1 heteroatoms. The van der Waals surface area contributed by atoms with Crippen LogP contribution in [0.1, 0.15) is 84.5 Å². The molecular formula is C21H36O. The van der Waals surface area contributed by atoms with Gasteiger partial charge in [0.15, 0.2) is 0 Å². The molecule has 0 bridgehead atoms. The van der Waals surface area contributed by atoms with Gasteiger partial charge in [0.05, 0.1) is 6.10 Å². The van der Waals surface area contributed by atoms with Gasteiger partial charge in [-0.15, -0.1) is 0 Å². The summed E-state index contributed by atoms with van der Waals surface area (Å²) in [4.78, 5) is 0. The molecule has 0 aliphatic heterocycles. The maximum atomic E-state index is 10.0. The fourth-order valence-corrected chi connectivity index (χ4v) is 8.09. The normalized spacial score (nSPS) is 54.4.